The minimum absolute atomic E-state index is 0.0322. The summed E-state index contributed by atoms with van der Waals surface area (Å²) in [5, 5.41) is 0. The van der Waals surface area contributed by atoms with E-state index in [-0.39, 0.29) is 18.6 Å². The Hall–Kier alpha value is -3.00. The Labute approximate surface area is 205 Å². The lowest BCUT2D eigenvalue weighted by molar-refractivity contribution is 0.0584. The van der Waals surface area contributed by atoms with E-state index in [0.29, 0.717) is 53.3 Å². The summed E-state index contributed by atoms with van der Waals surface area (Å²) < 4.78 is 20.5. The quantitative estimate of drug-likeness (QED) is 0.709. The number of aromatic nitrogens is 2. The smallest absolute Gasteiger partial charge is 0.258 e. The van der Waals surface area contributed by atoms with Gasteiger partial charge in [-0.3, -0.25) is 9.69 Å². The molecule has 1 saturated carbocycles. The summed E-state index contributed by atoms with van der Waals surface area (Å²) in [6, 6.07) is 5.10. The fourth-order valence-electron chi connectivity index (χ4n) is 6.10. The van der Waals surface area contributed by atoms with Crippen LogP contribution < -0.4 is 10.5 Å². The summed E-state index contributed by atoms with van der Waals surface area (Å²) in [5.74, 6) is 1.44. The number of rotatable bonds is 5. The largest absolute Gasteiger partial charge is 0.489 e. The van der Waals surface area contributed by atoms with Gasteiger partial charge < -0.3 is 15.4 Å². The second-order valence-electron chi connectivity index (χ2n) is 10.7. The number of benzene rings is 1. The zero-order valence-electron chi connectivity index (χ0n) is 20.3. The van der Waals surface area contributed by atoms with Crippen LogP contribution in [0.4, 0.5) is 4.39 Å². The Balaban J connectivity index is 1.18. The van der Waals surface area contributed by atoms with Crippen molar-refractivity contribution in [3.8, 4) is 5.75 Å². The second-order valence-corrected chi connectivity index (χ2v) is 10.7. The molecular weight excluding hydrogens is 445 g/mol. The molecule has 0 radical (unpaired) electrons. The van der Waals surface area contributed by atoms with E-state index in [9.17, 15) is 9.18 Å². The Morgan fingerprint density at radius 3 is 2.63 bits per heavy atom. The molecule has 1 amide bonds. The topological polar surface area (TPSA) is 84.6 Å². The molecule has 1 aromatic carbocycles. The maximum absolute atomic E-state index is 14.2. The van der Waals surface area contributed by atoms with Crippen LogP contribution in [0.5, 0.6) is 5.75 Å². The molecule has 0 spiro atoms. The summed E-state index contributed by atoms with van der Waals surface area (Å²) >= 11 is 0. The highest BCUT2D eigenvalue weighted by Gasteiger charge is 2.44. The lowest BCUT2D eigenvalue weighted by Gasteiger charge is -2.37. The molecule has 3 fully saturated rings. The Bertz CT molecular complexity index is 1180. The van der Waals surface area contributed by atoms with Gasteiger partial charge in [0, 0.05) is 48.2 Å². The van der Waals surface area contributed by atoms with Gasteiger partial charge in [-0.25, -0.2) is 14.4 Å². The fraction of sp³-hybridized carbons (Fsp3) is 0.519. The molecule has 4 atom stereocenters. The van der Waals surface area contributed by atoms with E-state index in [4.69, 9.17) is 10.5 Å². The molecule has 7 nitrogen and oxygen atoms in total. The van der Waals surface area contributed by atoms with Gasteiger partial charge in [0.1, 0.15) is 17.7 Å². The van der Waals surface area contributed by atoms with E-state index in [2.05, 4.69) is 28.8 Å². The maximum Gasteiger partial charge on any atom is 0.258 e. The van der Waals surface area contributed by atoms with Crippen molar-refractivity contribution in [1.82, 2.24) is 19.8 Å². The zero-order valence-corrected chi connectivity index (χ0v) is 20.3. The standard InChI is InChI=1S/C27H32FN5O2/c1-15-7-19-9-20(10-24(15)32(19)2)35-25-8-18(28)5-6-21(25)27(34)33-13-22(23(29)14-33)26-30-11-17(12-31-26)16-3-4-16/h5-6,8,11-12,15-16,19-20,24H,3-4,7,9-10,13-14,29H2,1-2H3. The molecule has 1 aliphatic carbocycles. The van der Waals surface area contributed by atoms with Gasteiger partial charge >= 0.3 is 0 Å². The normalized spacial score (nSPS) is 28.6. The van der Waals surface area contributed by atoms with E-state index in [1.54, 1.807) is 4.90 Å². The third-order valence-electron chi connectivity index (χ3n) is 8.28. The average Bonchev–Trinajstić information content (AvgIpc) is 3.59. The molecule has 2 saturated heterocycles. The third-order valence-corrected chi connectivity index (χ3v) is 8.28. The molecule has 2 bridgehead atoms. The van der Waals surface area contributed by atoms with E-state index in [1.165, 1.54) is 31.0 Å². The first-order chi connectivity index (χ1) is 16.9. The van der Waals surface area contributed by atoms with Crippen LogP contribution in [0, 0.1) is 11.7 Å². The third kappa shape index (κ3) is 4.18. The van der Waals surface area contributed by atoms with E-state index < -0.39 is 5.82 Å². The average molecular weight is 478 g/mol. The van der Waals surface area contributed by atoms with Gasteiger partial charge in [0.25, 0.3) is 5.91 Å². The summed E-state index contributed by atoms with van der Waals surface area (Å²) in [7, 11) is 2.18. The van der Waals surface area contributed by atoms with Crippen LogP contribution in [0.3, 0.4) is 0 Å². The molecule has 2 N–H and O–H groups in total. The van der Waals surface area contributed by atoms with Crippen molar-refractivity contribution in [2.24, 2.45) is 11.7 Å². The van der Waals surface area contributed by atoms with Crippen molar-refractivity contribution in [2.75, 3.05) is 20.1 Å². The van der Waals surface area contributed by atoms with Crippen molar-refractivity contribution in [3.63, 3.8) is 0 Å². The number of halogens is 1. The molecule has 1 aromatic heterocycles. The molecule has 184 valence electrons. The minimum atomic E-state index is -0.412. The van der Waals surface area contributed by atoms with Crippen LogP contribution in [-0.4, -0.2) is 64.0 Å². The number of hydrogen-bond acceptors (Lipinski definition) is 6. The first-order valence-corrected chi connectivity index (χ1v) is 12.6. The van der Waals surface area contributed by atoms with Gasteiger partial charge in [-0.1, -0.05) is 6.92 Å². The van der Waals surface area contributed by atoms with Gasteiger partial charge in [-0.15, -0.1) is 0 Å². The first-order valence-electron chi connectivity index (χ1n) is 12.6. The number of hydrogen-bond donors (Lipinski definition) is 1. The predicted molar refractivity (Wildman–Crippen MR) is 130 cm³/mol. The van der Waals surface area contributed by atoms with Crippen molar-refractivity contribution in [1.29, 1.82) is 0 Å². The molecule has 35 heavy (non-hydrogen) atoms. The molecular formula is C27H32FN5O2. The predicted octanol–water partition coefficient (Wildman–Crippen LogP) is 3.57. The van der Waals surface area contributed by atoms with Crippen molar-refractivity contribution < 1.29 is 13.9 Å². The number of carbonyl (C=O) groups is 1. The van der Waals surface area contributed by atoms with Crippen molar-refractivity contribution in [3.05, 3.63) is 59.1 Å². The summed E-state index contributed by atoms with van der Waals surface area (Å²) in [6.07, 6.45) is 9.01. The maximum atomic E-state index is 14.2. The number of ether oxygens (including phenoxy) is 1. The molecule has 8 heteroatoms. The van der Waals surface area contributed by atoms with E-state index in [1.807, 2.05) is 12.4 Å². The van der Waals surface area contributed by atoms with Gasteiger partial charge in [0.2, 0.25) is 0 Å². The Morgan fingerprint density at radius 1 is 1.14 bits per heavy atom. The molecule has 2 aromatic rings. The molecule has 4 unspecified atom stereocenters. The van der Waals surface area contributed by atoms with Crippen LogP contribution >= 0.6 is 0 Å². The summed E-state index contributed by atoms with van der Waals surface area (Å²) in [5.41, 5.74) is 9.19. The van der Waals surface area contributed by atoms with E-state index in [0.717, 1.165) is 30.4 Å². The van der Waals surface area contributed by atoms with Gasteiger partial charge in [0.15, 0.2) is 5.82 Å². The Kier molecular flexibility index (Phi) is 5.51. The van der Waals surface area contributed by atoms with E-state index >= 15 is 0 Å². The van der Waals surface area contributed by atoms with Crippen molar-refractivity contribution >= 4 is 11.5 Å². The summed E-state index contributed by atoms with van der Waals surface area (Å²) in [6.45, 7) is 2.89. The highest BCUT2D eigenvalue weighted by atomic mass is 19.1. The first kappa shape index (κ1) is 22.5. The SMILES string of the molecule is CC1CC2CC(Oc3cc(F)ccc3C(=O)N3CC(N)=C(c4ncc(C5CC5)cn4)C3)CC1N2C. The minimum Gasteiger partial charge on any atom is -0.489 e. The van der Waals surface area contributed by atoms with Crippen LogP contribution in [0.1, 0.15) is 66.7 Å². The molecule has 3 aliphatic heterocycles. The number of carbonyl (C=O) groups excluding carboxylic acids is 1. The highest BCUT2D eigenvalue weighted by Crippen LogP contribution is 2.41. The van der Waals surface area contributed by atoms with Gasteiger partial charge in [-0.2, -0.15) is 0 Å². The summed E-state index contributed by atoms with van der Waals surface area (Å²) in [4.78, 5) is 26.7. The van der Waals surface area contributed by atoms with Crippen LogP contribution in [0.15, 0.2) is 36.3 Å². The molecule has 6 rings (SSSR count). The zero-order chi connectivity index (χ0) is 24.3. The Morgan fingerprint density at radius 2 is 1.91 bits per heavy atom. The molecule has 4 aliphatic rings. The number of amides is 1. The van der Waals surface area contributed by atoms with Gasteiger partial charge in [0.05, 0.1) is 18.7 Å². The number of fused-ring (bicyclic) bond motifs is 2. The van der Waals surface area contributed by atoms with Gasteiger partial charge in [-0.05, 0) is 62.3 Å². The lowest BCUT2D eigenvalue weighted by Crippen LogP contribution is -2.45. The van der Waals surface area contributed by atoms with Crippen LogP contribution in [0.2, 0.25) is 0 Å². The monoisotopic (exact) mass is 477 g/mol. The second kappa shape index (κ2) is 8.59. The fourth-order valence-corrected chi connectivity index (χ4v) is 6.10. The number of nitrogens with zero attached hydrogens (tertiary/aromatic N) is 4. The van der Waals surface area contributed by atoms with Crippen LogP contribution in [-0.2, 0) is 0 Å². The lowest BCUT2D eigenvalue weighted by atomic mass is 9.97. The van der Waals surface area contributed by atoms with Crippen molar-refractivity contribution in [2.45, 2.75) is 63.1 Å². The molecule has 4 heterocycles. The highest BCUT2D eigenvalue weighted by molar-refractivity contribution is 5.98. The number of piperidine rings is 1. The van der Waals surface area contributed by atoms with Crippen LogP contribution in [0.25, 0.3) is 5.57 Å². The number of nitrogens with two attached hydrogens (primary N) is 1.